The van der Waals surface area contributed by atoms with Crippen molar-refractivity contribution in [1.29, 1.82) is 0 Å². The number of rotatable bonds is 7. The molecule has 3 rings (SSSR count). The second kappa shape index (κ2) is 8.10. The number of nitrogens with zero attached hydrogens (tertiary/aromatic N) is 3. The van der Waals surface area contributed by atoms with E-state index in [2.05, 4.69) is 15.4 Å². The van der Waals surface area contributed by atoms with Gasteiger partial charge in [0.1, 0.15) is 0 Å². The lowest BCUT2D eigenvalue weighted by Crippen LogP contribution is -2.25. The summed E-state index contributed by atoms with van der Waals surface area (Å²) in [4.78, 5) is 28.1. The molecule has 1 aromatic carbocycles. The Morgan fingerprint density at radius 2 is 2.08 bits per heavy atom. The van der Waals surface area contributed by atoms with Crippen molar-refractivity contribution in [3.8, 4) is 11.3 Å². The fourth-order valence-electron chi connectivity index (χ4n) is 2.70. The number of pyridine rings is 1. The molecule has 0 bridgehead atoms. The molecule has 0 fully saturated rings. The lowest BCUT2D eigenvalue weighted by Gasteiger charge is -2.09. The number of hydrogen-bond acceptors (Lipinski definition) is 4. The zero-order valence-corrected chi connectivity index (χ0v) is 15.2. The molecule has 6 nitrogen and oxygen atoms in total. The monoisotopic (exact) mass is 370 g/mol. The molecule has 0 unspecified atom stereocenters. The van der Waals surface area contributed by atoms with Gasteiger partial charge in [0.05, 0.1) is 23.0 Å². The molecule has 0 saturated heterocycles. The zero-order valence-electron chi connectivity index (χ0n) is 14.4. The molecule has 2 heterocycles. The third-order valence-electron chi connectivity index (χ3n) is 4.05. The van der Waals surface area contributed by atoms with E-state index in [1.165, 1.54) is 0 Å². The number of benzene rings is 1. The average molecular weight is 371 g/mol. The highest BCUT2D eigenvalue weighted by Crippen LogP contribution is 2.24. The van der Waals surface area contributed by atoms with E-state index >= 15 is 0 Å². The van der Waals surface area contributed by atoms with Gasteiger partial charge in [0, 0.05) is 36.7 Å². The second-order valence-electron chi connectivity index (χ2n) is 5.87. The van der Waals surface area contributed by atoms with Crippen molar-refractivity contribution in [2.24, 2.45) is 0 Å². The van der Waals surface area contributed by atoms with Gasteiger partial charge in [-0.05, 0) is 37.1 Å². The van der Waals surface area contributed by atoms with Gasteiger partial charge in [-0.3, -0.25) is 14.3 Å². The Kier molecular flexibility index (Phi) is 5.63. The Bertz CT molecular complexity index is 952. The summed E-state index contributed by atoms with van der Waals surface area (Å²) in [6, 6.07) is 9.30. The smallest absolute Gasteiger partial charge is 0.252 e. The maximum atomic E-state index is 12.7. The molecular weight excluding hydrogens is 352 g/mol. The van der Waals surface area contributed by atoms with Gasteiger partial charge < -0.3 is 5.32 Å². The van der Waals surface area contributed by atoms with E-state index < -0.39 is 5.24 Å². The summed E-state index contributed by atoms with van der Waals surface area (Å²) in [5.74, 6) is -0.199. The topological polar surface area (TPSA) is 76.9 Å². The molecule has 0 radical (unpaired) electrons. The number of halogens is 1. The first-order chi connectivity index (χ1) is 12.6. The molecule has 0 aliphatic rings. The Morgan fingerprint density at radius 3 is 2.81 bits per heavy atom. The number of fused-ring (bicyclic) bond motifs is 1. The van der Waals surface area contributed by atoms with Crippen molar-refractivity contribution in [2.75, 3.05) is 6.54 Å². The lowest BCUT2D eigenvalue weighted by atomic mass is 10.0. The summed E-state index contributed by atoms with van der Waals surface area (Å²) in [5, 5.41) is 7.50. The van der Waals surface area contributed by atoms with Gasteiger partial charge in [0.2, 0.25) is 5.24 Å². The van der Waals surface area contributed by atoms with E-state index in [9.17, 15) is 9.59 Å². The van der Waals surface area contributed by atoms with E-state index in [1.807, 2.05) is 42.1 Å². The zero-order chi connectivity index (χ0) is 18.5. The normalized spacial score (nSPS) is 10.8. The maximum Gasteiger partial charge on any atom is 0.252 e. The summed E-state index contributed by atoms with van der Waals surface area (Å²) >= 11 is 5.32. The SMILES string of the molecule is CCn1cc(-c2cc(C(=O)NCCCC(=O)Cl)c3ccccc3n2)cn1. The number of carbonyl (C=O) groups excluding carboxylic acids is 2. The van der Waals surface area contributed by atoms with Crippen molar-refractivity contribution in [3.05, 3.63) is 48.3 Å². The third kappa shape index (κ3) is 4.08. The van der Waals surface area contributed by atoms with Crippen LogP contribution in [0.3, 0.4) is 0 Å². The summed E-state index contributed by atoms with van der Waals surface area (Å²) in [5.41, 5.74) is 2.85. The van der Waals surface area contributed by atoms with Crippen LogP contribution < -0.4 is 5.32 Å². The van der Waals surface area contributed by atoms with Crippen LogP contribution in [-0.4, -0.2) is 32.5 Å². The first-order valence-electron chi connectivity index (χ1n) is 8.47. The second-order valence-corrected chi connectivity index (χ2v) is 6.29. The molecular formula is C19H19ClN4O2. The molecule has 0 aliphatic heterocycles. The minimum absolute atomic E-state index is 0.199. The van der Waals surface area contributed by atoms with Crippen LogP contribution in [-0.2, 0) is 11.3 Å². The first-order valence-corrected chi connectivity index (χ1v) is 8.85. The van der Waals surface area contributed by atoms with E-state index in [1.54, 1.807) is 12.3 Å². The van der Waals surface area contributed by atoms with Crippen molar-refractivity contribution in [3.63, 3.8) is 0 Å². The summed E-state index contributed by atoms with van der Waals surface area (Å²) in [7, 11) is 0. The number of para-hydroxylation sites is 1. The predicted molar refractivity (Wildman–Crippen MR) is 101 cm³/mol. The largest absolute Gasteiger partial charge is 0.352 e. The molecule has 7 heteroatoms. The highest BCUT2D eigenvalue weighted by Gasteiger charge is 2.14. The maximum absolute atomic E-state index is 12.7. The number of carbonyl (C=O) groups is 2. The highest BCUT2D eigenvalue weighted by molar-refractivity contribution is 6.63. The lowest BCUT2D eigenvalue weighted by molar-refractivity contribution is -0.111. The van der Waals surface area contributed by atoms with Gasteiger partial charge in [-0.15, -0.1) is 0 Å². The number of nitrogens with one attached hydrogen (secondary N) is 1. The number of amides is 1. The van der Waals surface area contributed by atoms with Gasteiger partial charge in [-0.1, -0.05) is 18.2 Å². The van der Waals surface area contributed by atoms with E-state index in [4.69, 9.17) is 11.6 Å². The average Bonchev–Trinajstić information content (AvgIpc) is 3.13. The van der Waals surface area contributed by atoms with Gasteiger partial charge in [0.25, 0.3) is 5.91 Å². The molecule has 0 spiro atoms. The van der Waals surface area contributed by atoms with Crippen molar-refractivity contribution in [1.82, 2.24) is 20.1 Å². The van der Waals surface area contributed by atoms with Crippen LogP contribution in [0.4, 0.5) is 0 Å². The number of aromatic nitrogens is 3. The first kappa shape index (κ1) is 18.1. The van der Waals surface area contributed by atoms with Crippen LogP contribution in [0.25, 0.3) is 22.2 Å². The van der Waals surface area contributed by atoms with Gasteiger partial charge in [0.15, 0.2) is 0 Å². The van der Waals surface area contributed by atoms with Crippen molar-refractivity contribution in [2.45, 2.75) is 26.3 Å². The minimum atomic E-state index is -0.399. The van der Waals surface area contributed by atoms with Crippen LogP contribution >= 0.6 is 11.6 Å². The molecule has 26 heavy (non-hydrogen) atoms. The molecule has 134 valence electrons. The molecule has 0 atom stereocenters. The predicted octanol–water partition coefficient (Wildman–Crippen LogP) is 3.39. The Morgan fingerprint density at radius 1 is 1.27 bits per heavy atom. The fraction of sp³-hybridized carbons (Fsp3) is 0.263. The van der Waals surface area contributed by atoms with Crippen molar-refractivity contribution >= 4 is 33.7 Å². The fourth-order valence-corrected chi connectivity index (χ4v) is 2.84. The molecule has 2 aromatic heterocycles. The third-order valence-corrected chi connectivity index (χ3v) is 4.24. The number of hydrogen-bond donors (Lipinski definition) is 1. The number of aryl methyl sites for hydroxylation is 1. The van der Waals surface area contributed by atoms with Crippen LogP contribution in [0.5, 0.6) is 0 Å². The molecule has 3 aromatic rings. The molecule has 1 N–H and O–H groups in total. The molecule has 1 amide bonds. The summed E-state index contributed by atoms with van der Waals surface area (Å²) < 4.78 is 1.81. The Labute approximate surface area is 156 Å². The van der Waals surface area contributed by atoms with Crippen LogP contribution in [0.15, 0.2) is 42.7 Å². The van der Waals surface area contributed by atoms with E-state index in [-0.39, 0.29) is 12.3 Å². The van der Waals surface area contributed by atoms with Crippen LogP contribution in [0.2, 0.25) is 0 Å². The summed E-state index contributed by atoms with van der Waals surface area (Å²) in [6.07, 6.45) is 4.40. The minimum Gasteiger partial charge on any atom is -0.352 e. The van der Waals surface area contributed by atoms with Gasteiger partial charge in [-0.2, -0.15) is 5.10 Å². The van der Waals surface area contributed by atoms with E-state index in [0.29, 0.717) is 24.2 Å². The quantitative estimate of drug-likeness (QED) is 0.511. The Balaban J connectivity index is 1.92. The van der Waals surface area contributed by atoms with Gasteiger partial charge >= 0.3 is 0 Å². The van der Waals surface area contributed by atoms with E-state index in [0.717, 1.165) is 23.0 Å². The van der Waals surface area contributed by atoms with Gasteiger partial charge in [-0.25, -0.2) is 4.98 Å². The standard InChI is InChI=1S/C19H19ClN4O2/c1-2-24-12-13(11-22-24)17-10-15(14-6-3-4-7-16(14)23-17)19(26)21-9-5-8-18(20)25/h3-4,6-7,10-12H,2,5,8-9H2,1H3,(H,21,26). The Hall–Kier alpha value is -2.73. The molecule has 0 aliphatic carbocycles. The van der Waals surface area contributed by atoms with Crippen molar-refractivity contribution < 1.29 is 9.59 Å². The van der Waals surface area contributed by atoms with Crippen LogP contribution in [0.1, 0.15) is 30.1 Å². The molecule has 0 saturated carbocycles. The highest BCUT2D eigenvalue weighted by atomic mass is 35.5. The summed E-state index contributed by atoms with van der Waals surface area (Å²) in [6.45, 7) is 3.16. The van der Waals surface area contributed by atoms with Crippen LogP contribution in [0, 0.1) is 0 Å².